The molecule has 1 unspecified atom stereocenters. The Morgan fingerprint density at radius 1 is 1.29 bits per heavy atom. The number of carbonyl (C=O) groups is 1. The summed E-state index contributed by atoms with van der Waals surface area (Å²) in [6.45, 7) is 15.7. The van der Waals surface area contributed by atoms with E-state index in [9.17, 15) is 15.0 Å². The number of rotatable bonds is 2. The summed E-state index contributed by atoms with van der Waals surface area (Å²) in [5.74, 6) is -0.665. The fourth-order valence-corrected chi connectivity index (χ4v) is 7.40. The summed E-state index contributed by atoms with van der Waals surface area (Å²) in [6, 6.07) is 0. The molecular formula is C23H34O5. The van der Waals surface area contributed by atoms with E-state index in [2.05, 4.69) is 33.4 Å². The van der Waals surface area contributed by atoms with Crippen LogP contribution in [0.5, 0.6) is 0 Å². The molecule has 1 spiro atoms. The third kappa shape index (κ3) is 2.01. The highest BCUT2D eigenvalue weighted by Gasteiger charge is 2.82. The summed E-state index contributed by atoms with van der Waals surface area (Å²) < 4.78 is 12.4. The van der Waals surface area contributed by atoms with Crippen LogP contribution in [0.2, 0.25) is 0 Å². The third-order valence-electron chi connectivity index (χ3n) is 8.79. The van der Waals surface area contributed by atoms with E-state index < -0.39 is 46.3 Å². The van der Waals surface area contributed by atoms with Crippen molar-refractivity contribution in [2.24, 2.45) is 22.2 Å². The van der Waals surface area contributed by atoms with Crippen molar-refractivity contribution in [3.63, 3.8) is 0 Å². The van der Waals surface area contributed by atoms with Gasteiger partial charge in [-0.05, 0) is 32.1 Å². The van der Waals surface area contributed by atoms with Gasteiger partial charge in [-0.3, -0.25) is 4.79 Å². The molecule has 0 amide bonds. The van der Waals surface area contributed by atoms with Gasteiger partial charge in [0.15, 0.2) is 6.10 Å². The number of aliphatic hydroxyl groups is 2. The number of carbonyl (C=O) groups excluding carboxylic acids is 1. The summed E-state index contributed by atoms with van der Waals surface area (Å²) in [5, 5.41) is 22.9. The lowest BCUT2D eigenvalue weighted by Gasteiger charge is -2.78. The van der Waals surface area contributed by atoms with Crippen molar-refractivity contribution < 1.29 is 24.5 Å². The van der Waals surface area contributed by atoms with Gasteiger partial charge in [0.2, 0.25) is 0 Å². The Labute approximate surface area is 167 Å². The second-order valence-electron chi connectivity index (χ2n) is 10.7. The molecule has 0 bridgehead atoms. The van der Waals surface area contributed by atoms with Crippen LogP contribution in [-0.4, -0.2) is 45.7 Å². The molecule has 5 heteroatoms. The van der Waals surface area contributed by atoms with Crippen LogP contribution in [0, 0.1) is 22.2 Å². The minimum Gasteiger partial charge on any atom is -0.457 e. The highest BCUT2D eigenvalue weighted by atomic mass is 16.6. The maximum Gasteiger partial charge on any atom is 0.303 e. The van der Waals surface area contributed by atoms with E-state index in [1.54, 1.807) is 6.08 Å². The smallest absolute Gasteiger partial charge is 0.303 e. The topological polar surface area (TPSA) is 76.0 Å². The molecule has 28 heavy (non-hydrogen) atoms. The van der Waals surface area contributed by atoms with Crippen molar-refractivity contribution >= 4 is 5.97 Å². The van der Waals surface area contributed by atoms with Crippen LogP contribution < -0.4 is 0 Å². The summed E-state index contributed by atoms with van der Waals surface area (Å²) >= 11 is 0. The molecule has 1 saturated heterocycles. The minimum atomic E-state index is -0.978. The largest absolute Gasteiger partial charge is 0.457 e. The lowest BCUT2D eigenvalue weighted by Crippen LogP contribution is -2.83. The molecule has 0 aromatic heterocycles. The first-order valence-electron chi connectivity index (χ1n) is 10.4. The predicted octanol–water partition coefficient (Wildman–Crippen LogP) is 3.15. The SMILES string of the molecule is C=C[C@@]1(C)CC2=C[C@]34[C@@H](O)CCC(C)(C)[C@@H]3[C@H](O)[C@H](OC(C)=O)[C@@](C)(O1)C24C. The molecule has 0 radical (unpaired) electrons. The van der Waals surface area contributed by atoms with Gasteiger partial charge in [-0.2, -0.15) is 0 Å². The van der Waals surface area contributed by atoms with E-state index in [1.165, 1.54) is 12.5 Å². The van der Waals surface area contributed by atoms with Crippen LogP contribution >= 0.6 is 0 Å². The molecule has 4 rings (SSSR count). The number of ether oxygens (including phenoxy) is 2. The lowest BCUT2D eigenvalue weighted by molar-refractivity contribution is -0.358. The molecule has 8 atom stereocenters. The van der Waals surface area contributed by atoms with Gasteiger partial charge in [0, 0.05) is 30.1 Å². The van der Waals surface area contributed by atoms with Crippen molar-refractivity contribution in [3.05, 3.63) is 24.3 Å². The van der Waals surface area contributed by atoms with E-state index in [4.69, 9.17) is 9.47 Å². The zero-order chi connectivity index (χ0) is 20.9. The van der Waals surface area contributed by atoms with Crippen LogP contribution in [-0.2, 0) is 14.3 Å². The molecule has 1 aliphatic heterocycles. The Kier molecular flexibility index (Phi) is 3.95. The average molecular weight is 391 g/mol. The molecule has 2 N–H and O–H groups in total. The van der Waals surface area contributed by atoms with Crippen LogP contribution in [0.4, 0.5) is 0 Å². The Hall–Kier alpha value is -1.17. The van der Waals surface area contributed by atoms with E-state index in [0.29, 0.717) is 12.8 Å². The van der Waals surface area contributed by atoms with E-state index in [1.807, 2.05) is 13.8 Å². The standard InChI is InChI=1S/C23H34O5/c1-8-20(5)11-14-12-23-15(25)9-10-19(3,4)17(23)16(26)18(27-13(2)24)22(7,28-20)21(14,23)6/h8,12,15-18,25-26H,1,9-11H2,2-7H3/t15-,16-,17-,18-,20-,21?,22+,23-/m0/s1. The van der Waals surface area contributed by atoms with Crippen LogP contribution in [0.25, 0.3) is 0 Å². The highest BCUT2D eigenvalue weighted by Crippen LogP contribution is 2.78. The fraction of sp³-hybridized carbons (Fsp3) is 0.783. The van der Waals surface area contributed by atoms with Crippen molar-refractivity contribution in [2.75, 3.05) is 0 Å². The van der Waals surface area contributed by atoms with Gasteiger partial charge in [-0.1, -0.05) is 38.5 Å². The molecule has 0 aromatic rings. The quantitative estimate of drug-likeness (QED) is 0.560. The second-order valence-corrected chi connectivity index (χ2v) is 10.7. The summed E-state index contributed by atoms with van der Waals surface area (Å²) in [5.41, 5.74) is -1.74. The number of aliphatic hydroxyl groups excluding tert-OH is 2. The number of esters is 1. The maximum atomic E-state index is 12.0. The maximum absolute atomic E-state index is 12.0. The molecule has 4 aliphatic rings. The van der Waals surface area contributed by atoms with Gasteiger partial charge < -0.3 is 19.7 Å². The van der Waals surface area contributed by atoms with Gasteiger partial charge in [0.05, 0.1) is 17.8 Å². The van der Waals surface area contributed by atoms with Crippen LogP contribution in [0.1, 0.15) is 60.8 Å². The first-order valence-corrected chi connectivity index (χ1v) is 10.4. The van der Waals surface area contributed by atoms with Crippen molar-refractivity contribution in [1.29, 1.82) is 0 Å². The van der Waals surface area contributed by atoms with Gasteiger partial charge in [0.1, 0.15) is 5.60 Å². The van der Waals surface area contributed by atoms with Crippen LogP contribution in [0.15, 0.2) is 24.3 Å². The predicted molar refractivity (Wildman–Crippen MR) is 105 cm³/mol. The molecular weight excluding hydrogens is 356 g/mol. The van der Waals surface area contributed by atoms with E-state index in [0.717, 1.165) is 6.42 Å². The number of hydrogen-bond donors (Lipinski definition) is 2. The molecule has 3 aliphatic carbocycles. The van der Waals surface area contributed by atoms with Crippen molar-refractivity contribution in [1.82, 2.24) is 0 Å². The third-order valence-corrected chi connectivity index (χ3v) is 8.79. The number of hydrogen-bond acceptors (Lipinski definition) is 5. The van der Waals surface area contributed by atoms with E-state index >= 15 is 0 Å². The van der Waals surface area contributed by atoms with Gasteiger partial charge >= 0.3 is 5.97 Å². The summed E-state index contributed by atoms with van der Waals surface area (Å²) in [4.78, 5) is 12.0. The van der Waals surface area contributed by atoms with Crippen molar-refractivity contribution in [3.8, 4) is 0 Å². The average Bonchev–Trinajstić information content (AvgIpc) is 2.58. The normalized spacial score (nSPS) is 53.8. The first kappa shape index (κ1) is 20.1. The van der Waals surface area contributed by atoms with Gasteiger partial charge in [-0.15, -0.1) is 6.58 Å². The molecule has 1 heterocycles. The fourth-order valence-electron chi connectivity index (χ4n) is 7.40. The zero-order valence-corrected chi connectivity index (χ0v) is 17.9. The zero-order valence-electron chi connectivity index (χ0n) is 17.9. The van der Waals surface area contributed by atoms with Gasteiger partial charge in [0.25, 0.3) is 0 Å². The molecule has 3 fully saturated rings. The summed E-state index contributed by atoms with van der Waals surface area (Å²) in [7, 11) is 0. The summed E-state index contributed by atoms with van der Waals surface area (Å²) in [6.07, 6.45) is 3.86. The monoisotopic (exact) mass is 390 g/mol. The second kappa shape index (κ2) is 5.50. The first-order chi connectivity index (χ1) is 12.8. The van der Waals surface area contributed by atoms with Crippen LogP contribution in [0.3, 0.4) is 0 Å². The lowest BCUT2D eigenvalue weighted by atomic mass is 9.30. The molecule has 156 valence electrons. The highest BCUT2D eigenvalue weighted by molar-refractivity contribution is 5.66. The molecule has 0 aromatic carbocycles. The minimum absolute atomic E-state index is 0.206. The Morgan fingerprint density at radius 2 is 1.93 bits per heavy atom. The Balaban J connectivity index is 1.99. The Bertz CT molecular complexity index is 771. The molecule has 5 nitrogen and oxygen atoms in total. The Morgan fingerprint density at radius 3 is 2.50 bits per heavy atom. The van der Waals surface area contributed by atoms with E-state index in [-0.39, 0.29) is 11.3 Å². The van der Waals surface area contributed by atoms with Gasteiger partial charge in [-0.25, -0.2) is 0 Å². The van der Waals surface area contributed by atoms with Crippen molar-refractivity contribution in [2.45, 2.75) is 90.3 Å². The molecule has 2 saturated carbocycles.